The fourth-order valence-electron chi connectivity index (χ4n) is 6.16. The fraction of sp³-hybridized carbons (Fsp3) is 0. The molecule has 3 aromatic heterocycles. The summed E-state index contributed by atoms with van der Waals surface area (Å²) in [6.07, 6.45) is 0. The first-order chi connectivity index (χ1) is 23.3. The Kier molecular flexibility index (Phi) is 6.39. The van der Waals surface area contributed by atoms with Crippen molar-refractivity contribution in [3.05, 3.63) is 158 Å². The predicted octanol–water partition coefficient (Wildman–Crippen LogP) is 10.7. The predicted molar refractivity (Wildman–Crippen MR) is 190 cm³/mol. The van der Waals surface area contributed by atoms with Crippen LogP contribution in [-0.2, 0) is 0 Å². The van der Waals surface area contributed by atoms with Crippen LogP contribution in [0.2, 0.25) is 0 Å². The highest BCUT2D eigenvalue weighted by Crippen LogP contribution is 2.40. The minimum Gasteiger partial charge on any atom is -0.456 e. The summed E-state index contributed by atoms with van der Waals surface area (Å²) in [5, 5.41) is 4.34. The molecule has 0 aliphatic carbocycles. The molecule has 0 amide bonds. The molecule has 0 bridgehead atoms. The monoisotopic (exact) mass is 602 g/mol. The topological polar surface area (TPSA) is 64.7 Å². The average Bonchev–Trinajstić information content (AvgIpc) is 3.51. The van der Waals surface area contributed by atoms with Crippen LogP contribution in [0.15, 0.2) is 162 Å². The Labute approximate surface area is 270 Å². The molecule has 47 heavy (non-hydrogen) atoms. The molecule has 0 spiro atoms. The first-order valence-electron chi connectivity index (χ1n) is 15.6. The van der Waals surface area contributed by atoms with E-state index in [4.69, 9.17) is 24.4 Å². The van der Waals surface area contributed by atoms with Crippen LogP contribution in [0.3, 0.4) is 0 Å². The molecule has 0 aliphatic rings. The maximum absolute atomic E-state index is 6.52. The second-order valence-corrected chi connectivity index (χ2v) is 11.5. The Morgan fingerprint density at radius 1 is 0.362 bits per heavy atom. The molecule has 5 heteroatoms. The van der Waals surface area contributed by atoms with Gasteiger partial charge in [-0.2, -0.15) is 0 Å². The summed E-state index contributed by atoms with van der Waals surface area (Å²) in [6.45, 7) is 0. The van der Waals surface area contributed by atoms with Crippen molar-refractivity contribution < 1.29 is 4.42 Å². The molecule has 3 heterocycles. The average molecular weight is 603 g/mol. The van der Waals surface area contributed by atoms with E-state index in [1.54, 1.807) is 0 Å². The van der Waals surface area contributed by atoms with Crippen molar-refractivity contribution in [1.82, 2.24) is 19.9 Å². The molecule has 5 nitrogen and oxygen atoms in total. The van der Waals surface area contributed by atoms with E-state index in [0.717, 1.165) is 71.9 Å². The molecule has 9 rings (SSSR count). The number of benzene rings is 6. The van der Waals surface area contributed by atoms with Gasteiger partial charge in [0.2, 0.25) is 0 Å². The fourth-order valence-corrected chi connectivity index (χ4v) is 6.16. The van der Waals surface area contributed by atoms with Crippen LogP contribution in [0, 0.1) is 0 Å². The van der Waals surface area contributed by atoms with Crippen LogP contribution in [-0.4, -0.2) is 19.9 Å². The van der Waals surface area contributed by atoms with Crippen molar-refractivity contribution in [2.24, 2.45) is 0 Å². The first-order valence-corrected chi connectivity index (χ1v) is 15.6. The Hall–Kier alpha value is -6.46. The van der Waals surface area contributed by atoms with E-state index in [2.05, 4.69) is 72.8 Å². The zero-order valence-electron chi connectivity index (χ0n) is 25.2. The molecular weight excluding hydrogens is 576 g/mol. The standard InChI is InChI=1S/C42H26N4O/c1-4-12-27(13-5-1)35-26-37-38(34-24-32-18-10-11-19-33(32)25-36(34)47-37)39(43-35)28-20-22-31(23-21-28)42-45-40(29-14-6-2-7-15-29)44-41(46-42)30-16-8-3-9-17-30/h1-26H. The minimum absolute atomic E-state index is 0.612. The number of rotatable bonds is 5. The van der Waals surface area contributed by atoms with Crippen molar-refractivity contribution in [2.45, 2.75) is 0 Å². The number of furan rings is 1. The Morgan fingerprint density at radius 3 is 1.40 bits per heavy atom. The quantitative estimate of drug-likeness (QED) is 0.196. The van der Waals surface area contributed by atoms with Gasteiger partial charge in [0, 0.05) is 39.3 Å². The number of aromatic nitrogens is 4. The molecule has 0 fully saturated rings. The lowest BCUT2D eigenvalue weighted by Crippen LogP contribution is -2.00. The normalized spacial score (nSPS) is 11.4. The molecule has 9 aromatic rings. The number of pyridine rings is 1. The highest BCUT2D eigenvalue weighted by molar-refractivity contribution is 6.15. The van der Waals surface area contributed by atoms with E-state index < -0.39 is 0 Å². The molecule has 0 saturated carbocycles. The van der Waals surface area contributed by atoms with Gasteiger partial charge in [-0.25, -0.2) is 19.9 Å². The Balaban J connectivity index is 1.21. The second kappa shape index (κ2) is 11.2. The van der Waals surface area contributed by atoms with Crippen molar-refractivity contribution in [2.75, 3.05) is 0 Å². The molecule has 0 aliphatic heterocycles. The molecular formula is C42H26N4O. The van der Waals surface area contributed by atoms with E-state index in [0.29, 0.717) is 17.5 Å². The maximum Gasteiger partial charge on any atom is 0.164 e. The largest absolute Gasteiger partial charge is 0.456 e. The Morgan fingerprint density at radius 2 is 0.830 bits per heavy atom. The van der Waals surface area contributed by atoms with Gasteiger partial charge in [-0.05, 0) is 22.9 Å². The number of nitrogens with zero attached hydrogens (tertiary/aromatic N) is 4. The molecule has 0 atom stereocenters. The Bertz CT molecular complexity index is 2490. The van der Waals surface area contributed by atoms with Gasteiger partial charge >= 0.3 is 0 Å². The third-order valence-corrected chi connectivity index (χ3v) is 8.51. The lowest BCUT2D eigenvalue weighted by Gasteiger charge is -2.10. The van der Waals surface area contributed by atoms with Crippen molar-refractivity contribution in [3.63, 3.8) is 0 Å². The van der Waals surface area contributed by atoms with Crippen LogP contribution >= 0.6 is 0 Å². The molecule has 6 aromatic carbocycles. The molecule has 220 valence electrons. The summed E-state index contributed by atoms with van der Waals surface area (Å²) >= 11 is 0. The third kappa shape index (κ3) is 4.91. The van der Waals surface area contributed by atoms with E-state index in [9.17, 15) is 0 Å². The summed E-state index contributed by atoms with van der Waals surface area (Å²) in [6, 6.07) is 53.3. The lowest BCUT2D eigenvalue weighted by molar-refractivity contribution is 0.669. The highest BCUT2D eigenvalue weighted by Gasteiger charge is 2.18. The van der Waals surface area contributed by atoms with Gasteiger partial charge in [0.15, 0.2) is 17.5 Å². The molecule has 0 unspecified atom stereocenters. The zero-order valence-corrected chi connectivity index (χ0v) is 25.2. The summed E-state index contributed by atoms with van der Waals surface area (Å²) in [4.78, 5) is 19.9. The van der Waals surface area contributed by atoms with Gasteiger partial charge in [0.25, 0.3) is 0 Å². The van der Waals surface area contributed by atoms with E-state index >= 15 is 0 Å². The van der Waals surface area contributed by atoms with Gasteiger partial charge in [0.1, 0.15) is 11.2 Å². The molecule has 0 radical (unpaired) electrons. The van der Waals surface area contributed by atoms with E-state index in [1.165, 1.54) is 0 Å². The number of hydrogen-bond acceptors (Lipinski definition) is 5. The van der Waals surface area contributed by atoms with E-state index in [-0.39, 0.29) is 0 Å². The highest BCUT2D eigenvalue weighted by atomic mass is 16.3. The maximum atomic E-state index is 6.52. The summed E-state index contributed by atoms with van der Waals surface area (Å²) < 4.78 is 6.52. The van der Waals surface area contributed by atoms with Gasteiger partial charge < -0.3 is 4.42 Å². The van der Waals surface area contributed by atoms with Crippen molar-refractivity contribution >= 4 is 32.7 Å². The smallest absolute Gasteiger partial charge is 0.164 e. The van der Waals surface area contributed by atoms with Gasteiger partial charge in [0.05, 0.1) is 16.8 Å². The van der Waals surface area contributed by atoms with Crippen LogP contribution in [0.25, 0.3) is 89.4 Å². The number of fused-ring (bicyclic) bond motifs is 4. The molecule has 0 saturated heterocycles. The second-order valence-electron chi connectivity index (χ2n) is 11.5. The van der Waals surface area contributed by atoms with Crippen LogP contribution in [0.5, 0.6) is 0 Å². The molecule has 0 N–H and O–H groups in total. The lowest BCUT2D eigenvalue weighted by atomic mass is 10.00. The summed E-state index contributed by atoms with van der Waals surface area (Å²) in [5.41, 5.74) is 8.16. The van der Waals surface area contributed by atoms with Gasteiger partial charge in [-0.1, -0.05) is 140 Å². The van der Waals surface area contributed by atoms with Gasteiger partial charge in [-0.15, -0.1) is 0 Å². The van der Waals surface area contributed by atoms with E-state index in [1.807, 2.05) is 84.9 Å². The van der Waals surface area contributed by atoms with Crippen LogP contribution in [0.4, 0.5) is 0 Å². The summed E-state index contributed by atoms with van der Waals surface area (Å²) in [5.74, 6) is 1.88. The first kappa shape index (κ1) is 26.9. The number of hydrogen-bond donors (Lipinski definition) is 0. The zero-order chi connectivity index (χ0) is 31.2. The SMILES string of the molecule is c1ccc(-c2cc3oc4cc5ccccc5cc4c3c(-c3ccc(-c4nc(-c5ccccc5)nc(-c5ccccc5)n4)cc3)n2)cc1. The van der Waals surface area contributed by atoms with Crippen LogP contribution in [0.1, 0.15) is 0 Å². The summed E-state index contributed by atoms with van der Waals surface area (Å²) in [7, 11) is 0. The van der Waals surface area contributed by atoms with Crippen molar-refractivity contribution in [1.29, 1.82) is 0 Å². The minimum atomic E-state index is 0.612. The third-order valence-electron chi connectivity index (χ3n) is 8.51. The van der Waals surface area contributed by atoms with Gasteiger partial charge in [-0.3, -0.25) is 0 Å². The van der Waals surface area contributed by atoms with Crippen molar-refractivity contribution in [3.8, 4) is 56.7 Å². The van der Waals surface area contributed by atoms with Crippen LogP contribution < -0.4 is 0 Å².